The predicted molar refractivity (Wildman–Crippen MR) is 208 cm³/mol. The van der Waals surface area contributed by atoms with E-state index in [9.17, 15) is 39.6 Å². The molecule has 5 N–H and O–H groups in total. The van der Waals surface area contributed by atoms with Gasteiger partial charge in [0.2, 0.25) is 0 Å². The number of fused-ring (bicyclic) bond motifs is 5. The molecule has 4 aliphatic rings. The van der Waals surface area contributed by atoms with Gasteiger partial charge in [0, 0.05) is 80.7 Å². The Labute approximate surface area is 383 Å². The number of nitrogens with one attached hydrogen (secondary N) is 1. The maximum atomic E-state index is 15.2. The van der Waals surface area contributed by atoms with Gasteiger partial charge in [-0.3, -0.25) is 14.4 Å². The third kappa shape index (κ3) is 7.58. The van der Waals surface area contributed by atoms with Crippen molar-refractivity contribution in [2.75, 3.05) is 6.61 Å². The standard InChI is InChI=1S/C45H49NO13.Ac/c1-24-29(58-41(53)34(49)33(26-15-9-6-10-16-26)46-39(51)27-17-11-7-12-18-27)22-45(55)38(59-40(52)28-19-13-8-14-20-28)36-43(5,30(48)21-31-44(36,54)23-56-31)37(50)35(57-25(2)47)32(24)42(45,3)4;/h6-20,29-31,33-36,38,48-49,54-55H,21-23H2,1-5H3,(H,46,51);/t29-,30-,31?,33-,34+,35+,36-,38-,43?,44-,45+;/m0./s1. The number of esters is 3. The second-order valence-electron chi connectivity index (χ2n) is 16.8. The van der Waals surface area contributed by atoms with Gasteiger partial charge in [0.1, 0.15) is 23.4 Å². The minimum Gasteiger partial charge on any atom is -0.456 e. The number of Topliss-reactive ketones (excluding diaryl/α,β-unsaturated/α-hetero) is 1. The van der Waals surface area contributed by atoms with Gasteiger partial charge in [0.15, 0.2) is 18.0 Å². The molecule has 0 spiro atoms. The first-order chi connectivity index (χ1) is 27.9. The fourth-order valence-electron chi connectivity index (χ4n) is 9.78. The van der Waals surface area contributed by atoms with E-state index in [1.807, 2.05) is 0 Å². The number of hydrogen-bond acceptors (Lipinski definition) is 13. The van der Waals surface area contributed by atoms with E-state index in [-0.39, 0.29) is 79.4 Å². The summed E-state index contributed by atoms with van der Waals surface area (Å²) in [6, 6.07) is 23.0. The van der Waals surface area contributed by atoms with Crippen molar-refractivity contribution < 1.29 is 107 Å². The van der Waals surface area contributed by atoms with E-state index >= 15 is 4.79 Å². The first-order valence-electron chi connectivity index (χ1n) is 19.6. The van der Waals surface area contributed by atoms with Gasteiger partial charge in [-0.1, -0.05) is 80.6 Å². The predicted octanol–water partition coefficient (Wildman–Crippen LogP) is 3.16. The number of rotatable bonds is 9. The summed E-state index contributed by atoms with van der Waals surface area (Å²) in [7, 11) is 0. The van der Waals surface area contributed by atoms with Gasteiger partial charge in [-0.2, -0.15) is 0 Å². The Hall–Kier alpha value is -3.81. The molecular formula is C45H49AcNO13. The summed E-state index contributed by atoms with van der Waals surface area (Å²) in [5.74, 6) is -5.98. The summed E-state index contributed by atoms with van der Waals surface area (Å²) < 4.78 is 23.8. The third-order valence-corrected chi connectivity index (χ3v) is 13.2. The number of hydrogen-bond donors (Lipinski definition) is 5. The second kappa shape index (κ2) is 17.2. The summed E-state index contributed by atoms with van der Waals surface area (Å²) in [5.41, 5.74) is -6.99. The molecule has 0 aromatic heterocycles. The Kier molecular flexibility index (Phi) is 13.1. The van der Waals surface area contributed by atoms with E-state index in [4.69, 9.17) is 18.9 Å². The molecule has 14 nitrogen and oxygen atoms in total. The van der Waals surface area contributed by atoms with Crippen LogP contribution >= 0.6 is 0 Å². The summed E-state index contributed by atoms with van der Waals surface area (Å²) in [5, 5.41) is 52.2. The van der Waals surface area contributed by atoms with E-state index in [1.165, 1.54) is 26.0 Å². The average molecular weight is 1040 g/mol. The van der Waals surface area contributed by atoms with Crippen LogP contribution in [0.4, 0.5) is 0 Å². The van der Waals surface area contributed by atoms with Gasteiger partial charge >= 0.3 is 17.9 Å². The van der Waals surface area contributed by atoms with Crippen molar-refractivity contribution in [1.29, 1.82) is 0 Å². The molecule has 1 amide bonds. The van der Waals surface area contributed by atoms with Crippen molar-refractivity contribution in [2.45, 2.75) is 101 Å². The first-order valence-corrected chi connectivity index (χ1v) is 19.6. The summed E-state index contributed by atoms with van der Waals surface area (Å²) in [6.45, 7) is 6.81. The van der Waals surface area contributed by atoms with Gasteiger partial charge in [-0.15, -0.1) is 0 Å². The zero-order valence-electron chi connectivity index (χ0n) is 33.9. The molecule has 3 fully saturated rings. The SMILES string of the molecule is CC(=O)O[C@H]1C(=O)C2(C)[C@@H](O)CC3OC[C@@]3(O)[C@H]2[C@H](OC(=O)c2ccccc2)[C@]2(O)C[C@H](OC(=O)[C@H](O)[C@@H](NC(=O)c3ccccc3)c3ccccc3)C(C)=C1C2(C)C.[Ac]. The molecule has 1 heterocycles. The van der Waals surface area contributed by atoms with Crippen LogP contribution in [0.5, 0.6) is 0 Å². The van der Waals surface area contributed by atoms with E-state index < -0.39 is 107 Å². The fraction of sp³-hybridized carbons (Fsp3) is 0.444. The van der Waals surface area contributed by atoms with Crippen LogP contribution in [0.3, 0.4) is 0 Å². The van der Waals surface area contributed by atoms with Crippen LogP contribution in [0.25, 0.3) is 0 Å². The Morgan fingerprint density at radius 3 is 1.97 bits per heavy atom. The number of benzene rings is 3. The number of aliphatic hydroxyl groups is 4. The molecule has 2 saturated carbocycles. The molecule has 1 radical (unpaired) electrons. The Morgan fingerprint density at radius 2 is 1.42 bits per heavy atom. The van der Waals surface area contributed by atoms with Gasteiger partial charge in [-0.25, -0.2) is 9.59 Å². The van der Waals surface area contributed by atoms with Crippen LogP contribution in [0.2, 0.25) is 0 Å². The molecule has 60 heavy (non-hydrogen) atoms. The molecule has 3 aromatic carbocycles. The van der Waals surface area contributed by atoms with Crippen molar-refractivity contribution in [3.05, 3.63) is 119 Å². The topological polar surface area (TPSA) is 215 Å². The van der Waals surface area contributed by atoms with Crippen molar-refractivity contribution in [3.63, 3.8) is 0 Å². The monoisotopic (exact) mass is 1040 g/mol. The maximum absolute atomic E-state index is 15.2. The fourth-order valence-corrected chi connectivity index (χ4v) is 9.78. The van der Waals surface area contributed by atoms with E-state index in [0.717, 1.165) is 6.92 Å². The van der Waals surface area contributed by atoms with Crippen molar-refractivity contribution in [2.24, 2.45) is 16.7 Å². The van der Waals surface area contributed by atoms with E-state index in [2.05, 4.69) is 5.32 Å². The van der Waals surface area contributed by atoms with Crippen LogP contribution in [0.15, 0.2) is 102 Å². The third-order valence-electron chi connectivity index (χ3n) is 13.2. The van der Waals surface area contributed by atoms with Crippen molar-refractivity contribution in [3.8, 4) is 0 Å². The minimum absolute atomic E-state index is 0. The number of carbonyl (C=O) groups is 5. The van der Waals surface area contributed by atoms with Crippen LogP contribution < -0.4 is 5.32 Å². The zero-order chi connectivity index (χ0) is 42.7. The van der Waals surface area contributed by atoms with Crippen LogP contribution in [0, 0.1) is 60.8 Å². The second-order valence-corrected chi connectivity index (χ2v) is 16.8. The molecule has 3 aromatic rings. The van der Waals surface area contributed by atoms with Gasteiger partial charge < -0.3 is 44.7 Å². The first kappa shape index (κ1) is 45.7. The zero-order valence-corrected chi connectivity index (χ0v) is 38.7. The molecule has 2 bridgehead atoms. The number of carbonyl (C=O) groups excluding carboxylic acids is 5. The number of amides is 1. The molecule has 1 aliphatic heterocycles. The van der Waals surface area contributed by atoms with Crippen LogP contribution in [-0.4, -0.2) is 104 Å². The normalized spacial score (nSPS) is 32.5. The molecule has 3 aliphatic carbocycles. The molecule has 1 saturated heterocycles. The number of ether oxygens (including phenoxy) is 4. The van der Waals surface area contributed by atoms with Crippen LogP contribution in [-0.2, 0) is 33.3 Å². The smallest absolute Gasteiger partial charge is 0.338 e. The molecular weight excluding hydrogens is 989 g/mol. The molecule has 15 heteroatoms. The summed E-state index contributed by atoms with van der Waals surface area (Å²) in [4.78, 5) is 69.7. The van der Waals surface area contributed by atoms with E-state index in [1.54, 1.807) is 92.7 Å². The average Bonchev–Trinajstić information content (AvgIpc) is 3.21. The van der Waals surface area contributed by atoms with Crippen molar-refractivity contribution in [1.82, 2.24) is 5.32 Å². The largest absolute Gasteiger partial charge is 0.456 e. The molecule has 2 unspecified atom stereocenters. The maximum Gasteiger partial charge on any atom is 0.338 e. The van der Waals surface area contributed by atoms with Gasteiger partial charge in [0.05, 0.1) is 35.8 Å². The molecule has 7 rings (SSSR count). The Bertz CT molecular complexity index is 2170. The molecule has 11 atom stereocenters. The van der Waals surface area contributed by atoms with E-state index in [0.29, 0.717) is 5.56 Å². The van der Waals surface area contributed by atoms with Crippen LogP contribution in [0.1, 0.15) is 79.8 Å². The van der Waals surface area contributed by atoms with Crippen molar-refractivity contribution >= 4 is 29.6 Å². The Morgan fingerprint density at radius 1 is 0.850 bits per heavy atom. The summed E-state index contributed by atoms with van der Waals surface area (Å²) in [6.07, 6.45) is -10.3. The minimum atomic E-state index is -2.35. The Balaban J connectivity index is 0.00000604. The summed E-state index contributed by atoms with van der Waals surface area (Å²) >= 11 is 0. The number of aliphatic hydroxyl groups excluding tert-OH is 2. The molecule has 315 valence electrons. The number of ketones is 1. The van der Waals surface area contributed by atoms with Gasteiger partial charge in [-0.05, 0) is 54.8 Å². The quantitative estimate of drug-likeness (QED) is 0.119. The van der Waals surface area contributed by atoms with Gasteiger partial charge in [0.25, 0.3) is 5.91 Å².